The van der Waals surface area contributed by atoms with Gasteiger partial charge in [-0.3, -0.25) is 24.0 Å². The van der Waals surface area contributed by atoms with Gasteiger partial charge >= 0.3 is 17.9 Å². The van der Waals surface area contributed by atoms with E-state index in [4.69, 9.17) is 23.4 Å². The number of hydrogen-bond acceptors (Lipinski definition) is 27. The van der Waals surface area contributed by atoms with Gasteiger partial charge < -0.3 is 44.7 Å². The molecule has 11 aromatic rings. The topological polar surface area (TPSA) is 445 Å². The number of furan rings is 2. The van der Waals surface area contributed by atoms with Gasteiger partial charge in [0.25, 0.3) is 73.7 Å². The van der Waals surface area contributed by atoms with E-state index in [1.54, 1.807) is 198 Å². The average Bonchev–Trinajstić information content (AvgIpc) is 1.60. The number of carboxylic acids is 1. The lowest BCUT2D eigenvalue weighted by Gasteiger charge is -2.18. The molecule has 8 aromatic carbocycles. The third-order valence-electron chi connectivity index (χ3n) is 20.6. The van der Waals surface area contributed by atoms with E-state index in [0.29, 0.717) is 111 Å². The molecule has 3 aromatic heterocycles. The first kappa shape index (κ1) is 97.5. The quantitative estimate of drug-likeness (QED) is 0.0228. The lowest BCUT2D eigenvalue weighted by Crippen LogP contribution is -2.33. The molecule has 0 saturated heterocycles. The SMILES string of the molecule is CCCCN1C(=O)C(Nc2ccc(S(=O)(=O)NC(C)=O)cc2)=C(c2ccccc2)S1(=O)=O.CCCCN1C(=O)C(Nc2ccc3oc(C(=O)O)cc3c2)=C(c2ccccc2)S1(=O)=O.CCCCN1C(=O)C(Nc2ccc3oc(C(=O)OC(C)(C)C)cc3c2)=C(c2ccccc2)S1(=O)=O.CCCCN1C(=O)C(Nc2ccc3sc(C(=O)OCC)c(C)c3c2)=C(c2ccccc2)S1(=O)=O. The Morgan fingerprint density at radius 3 is 1.09 bits per heavy atom. The number of carbonyl (C=O) groups excluding carboxylic acids is 7. The number of anilines is 4. The highest BCUT2D eigenvalue weighted by Crippen LogP contribution is 2.43. The largest absolute Gasteiger partial charge is 0.475 e. The Bertz CT molecular complexity index is 7070. The third kappa shape index (κ3) is 21.2. The maximum Gasteiger partial charge on any atom is 0.374 e. The van der Waals surface area contributed by atoms with E-state index < -0.39 is 97.2 Å². The van der Waals surface area contributed by atoms with Crippen LogP contribution in [0.15, 0.2) is 249 Å². The number of esters is 2. The van der Waals surface area contributed by atoms with Crippen molar-refractivity contribution in [1.29, 1.82) is 0 Å². The molecule has 38 heteroatoms. The standard InChI is InChI=1S/C26H28N2O6S.C25H26N2O5S2.C22H20N2O6S.C21H23N3O6S2/c1-5-6-14-28-24(29)22(23(35(28,31)32)17-10-8-7-9-11-17)27-19-12-13-20-18(15-19)16-21(33-20)25(30)34-26(2,3)4;1-4-6-14-27-24(28)21(23(34(27,30)31)17-10-8-7-9-11-17)26-18-12-13-20-19(15-18)16(3)22(33-20)25(29)32-5-2;1-2-3-11-24-21(25)19(20(31(24,28)29)14-7-5-4-6-8-14)23-16-9-10-17-15(12-16)13-18(30-17)22(26)27;1-3-4-14-24-21(26)19(20(32(24,29)30)16-8-6-5-7-9-16)22-17-10-12-18(13-11-17)31(27,28)23-15(2)25/h7-13,15-16,27H,5-6,14H2,1-4H3;7-13,15,26H,4-6,14H2,1-3H3;4-10,12-13,23H,2-3,11H2,1H3,(H,26,27);5-13,22H,3-4,14H2,1-2H3,(H,23,25). The van der Waals surface area contributed by atoms with Gasteiger partial charge in [0.15, 0.2) is 0 Å². The van der Waals surface area contributed by atoms with Gasteiger partial charge in [0, 0.05) is 71.3 Å². The number of aryl methyl sites for hydroxylation is 1. The van der Waals surface area contributed by atoms with E-state index >= 15 is 0 Å². The van der Waals surface area contributed by atoms with E-state index in [0.717, 1.165) is 59.1 Å². The number of aromatic carboxylic acids is 1. The number of rotatable bonds is 30. The van der Waals surface area contributed by atoms with Gasteiger partial charge in [-0.05, 0) is 185 Å². The average molecular weight is 1910 g/mol. The molecule has 5 amide bonds. The molecule has 4 aliphatic rings. The summed E-state index contributed by atoms with van der Waals surface area (Å²) in [6, 6.07) is 57.4. The van der Waals surface area contributed by atoms with E-state index in [-0.39, 0.29) is 91.0 Å². The molecule has 0 radical (unpaired) electrons. The molecular formula is C94H97N9O23S6. The van der Waals surface area contributed by atoms with Crippen molar-refractivity contribution in [1.82, 2.24) is 21.9 Å². The van der Waals surface area contributed by atoms with Gasteiger partial charge in [0.05, 0.1) is 11.5 Å². The lowest BCUT2D eigenvalue weighted by molar-refractivity contribution is -0.122. The highest BCUT2D eigenvalue weighted by molar-refractivity contribution is 8.00. The molecule has 0 bridgehead atoms. The van der Waals surface area contributed by atoms with Crippen molar-refractivity contribution in [2.45, 2.75) is 131 Å². The number of unbranched alkanes of at least 4 members (excludes halogenated alkanes) is 4. The van der Waals surface area contributed by atoms with E-state index in [1.165, 1.54) is 41.7 Å². The predicted molar refractivity (Wildman–Crippen MR) is 505 cm³/mol. The number of nitrogens with zero attached hydrogens (tertiary/aromatic N) is 4. The lowest BCUT2D eigenvalue weighted by atomic mass is 10.1. The minimum Gasteiger partial charge on any atom is -0.475 e. The van der Waals surface area contributed by atoms with Crippen molar-refractivity contribution in [3.63, 3.8) is 0 Å². The van der Waals surface area contributed by atoms with Gasteiger partial charge in [0.2, 0.25) is 17.4 Å². The molecule has 132 heavy (non-hydrogen) atoms. The van der Waals surface area contributed by atoms with Gasteiger partial charge in [-0.15, -0.1) is 11.3 Å². The van der Waals surface area contributed by atoms with Crippen LogP contribution in [-0.4, -0.2) is 150 Å². The highest BCUT2D eigenvalue weighted by atomic mass is 32.2. The monoisotopic (exact) mass is 1910 g/mol. The van der Waals surface area contributed by atoms with Crippen LogP contribution in [0.3, 0.4) is 0 Å². The summed E-state index contributed by atoms with van der Waals surface area (Å²) < 4.78 is 158. The summed E-state index contributed by atoms with van der Waals surface area (Å²) in [7, 11) is -20.1. The van der Waals surface area contributed by atoms with Gasteiger partial charge in [-0.2, -0.15) is 0 Å². The smallest absolute Gasteiger partial charge is 0.374 e. The number of amides is 5. The van der Waals surface area contributed by atoms with Crippen LogP contribution in [0.4, 0.5) is 22.7 Å². The third-order valence-corrected chi connectivity index (χ3v) is 30.9. The molecular weight excluding hydrogens is 1820 g/mol. The Morgan fingerprint density at radius 1 is 0.432 bits per heavy atom. The van der Waals surface area contributed by atoms with Crippen LogP contribution >= 0.6 is 11.3 Å². The predicted octanol–water partition coefficient (Wildman–Crippen LogP) is 16.4. The molecule has 7 heterocycles. The molecule has 0 spiro atoms. The van der Waals surface area contributed by atoms with Crippen molar-refractivity contribution < 1.29 is 104 Å². The summed E-state index contributed by atoms with van der Waals surface area (Å²) in [5.74, 6) is -5.47. The number of hydrogen-bond donors (Lipinski definition) is 6. The first-order chi connectivity index (χ1) is 62.7. The minimum absolute atomic E-state index is 0.0116. The van der Waals surface area contributed by atoms with Crippen LogP contribution in [0.25, 0.3) is 51.6 Å². The first-order valence-electron chi connectivity index (χ1n) is 42.1. The van der Waals surface area contributed by atoms with Crippen molar-refractivity contribution in [3.05, 3.63) is 279 Å². The number of ether oxygens (including phenoxy) is 2. The zero-order valence-corrected chi connectivity index (χ0v) is 78.5. The van der Waals surface area contributed by atoms with Crippen molar-refractivity contribution in [2.24, 2.45) is 0 Å². The maximum atomic E-state index is 13.4. The molecule has 0 unspecified atom stereocenters. The normalized spacial score (nSPS) is 15.6. The molecule has 0 atom stereocenters. The zero-order chi connectivity index (χ0) is 95.5. The highest BCUT2D eigenvalue weighted by Gasteiger charge is 2.49. The minimum atomic E-state index is -4.06. The number of sulfonamides is 5. The van der Waals surface area contributed by atoms with Crippen LogP contribution in [0, 0.1) is 6.92 Å². The van der Waals surface area contributed by atoms with Crippen molar-refractivity contribution in [3.8, 4) is 0 Å². The second kappa shape index (κ2) is 40.9. The van der Waals surface area contributed by atoms with E-state index in [1.807, 2.05) is 51.5 Å². The van der Waals surface area contributed by atoms with E-state index in [2.05, 4.69) is 21.3 Å². The zero-order valence-electron chi connectivity index (χ0n) is 73.6. The summed E-state index contributed by atoms with van der Waals surface area (Å²) in [6.07, 6.45) is 5.19. The first-order valence-corrected chi connectivity index (χ1v) is 50.2. The molecule has 0 fully saturated rings. The molecule has 0 aliphatic carbocycles. The number of benzene rings is 8. The number of carbonyl (C=O) groups is 8. The summed E-state index contributed by atoms with van der Waals surface area (Å²) in [4.78, 5) is 99.7. The van der Waals surface area contributed by atoms with Crippen LogP contribution in [0.1, 0.15) is 172 Å². The van der Waals surface area contributed by atoms with Gasteiger partial charge in [-0.25, -0.2) is 78.4 Å². The second-order valence-electron chi connectivity index (χ2n) is 31.4. The van der Waals surface area contributed by atoms with Crippen molar-refractivity contribution in [2.75, 3.05) is 54.1 Å². The Morgan fingerprint density at radius 2 is 0.758 bits per heavy atom. The fraction of sp³-hybridized carbons (Fsp3) is 0.255. The molecule has 32 nitrogen and oxygen atoms in total. The summed E-state index contributed by atoms with van der Waals surface area (Å²) >= 11 is 1.35. The molecule has 692 valence electrons. The second-order valence-corrected chi connectivity index (χ2v) is 41.4. The molecule has 6 N–H and O–H groups in total. The summed E-state index contributed by atoms with van der Waals surface area (Å²) in [5.41, 5.74) is 4.29. The van der Waals surface area contributed by atoms with Crippen LogP contribution in [0.2, 0.25) is 0 Å². The Kier molecular flexibility index (Phi) is 30.2. The molecule has 15 rings (SSSR count). The molecule has 4 aliphatic heterocycles. The fourth-order valence-corrected chi connectivity index (χ4v) is 23.3. The van der Waals surface area contributed by atoms with Crippen LogP contribution in [0.5, 0.6) is 0 Å². The Labute approximate surface area is 768 Å². The number of nitrogens with one attached hydrogen (secondary N) is 5. The Balaban J connectivity index is 0.000000159. The number of carboxylic acid groups (broad SMARTS) is 1. The Hall–Kier alpha value is -13.5. The van der Waals surface area contributed by atoms with E-state index in [9.17, 15) is 80.4 Å². The maximum absolute atomic E-state index is 13.4. The molecule has 0 saturated carbocycles. The summed E-state index contributed by atoms with van der Waals surface area (Å²) in [6.45, 7) is 18.4. The van der Waals surface area contributed by atoms with Crippen LogP contribution in [-0.2, 0) is 83.6 Å². The summed E-state index contributed by atoms with van der Waals surface area (Å²) in [5, 5.41) is 23.0. The van der Waals surface area contributed by atoms with Crippen molar-refractivity contribution >= 4 is 183 Å². The van der Waals surface area contributed by atoms with Gasteiger partial charge in [0.1, 0.15) is 64.1 Å². The number of thiophene rings is 1. The fourth-order valence-electron chi connectivity index (χ4n) is 14.4. The number of fused-ring (bicyclic) bond motifs is 3. The van der Waals surface area contributed by atoms with Gasteiger partial charge in [-0.1, -0.05) is 175 Å². The van der Waals surface area contributed by atoms with Crippen LogP contribution < -0.4 is 26.0 Å².